The summed E-state index contributed by atoms with van der Waals surface area (Å²) in [5.41, 5.74) is 9.36. The Morgan fingerprint density at radius 3 is 2.50 bits per heavy atom. The van der Waals surface area contributed by atoms with E-state index >= 15 is 0 Å². The van der Waals surface area contributed by atoms with E-state index in [4.69, 9.17) is 5.73 Å². The monoisotopic (exact) mass is 160 g/mol. The SMILES string of the molecule is C=C(CCC[NH])c1ccccc1. The van der Waals surface area contributed by atoms with Gasteiger partial charge in [0, 0.05) is 6.54 Å². The maximum absolute atomic E-state index is 7.02. The van der Waals surface area contributed by atoms with Crippen LogP contribution in [0.4, 0.5) is 0 Å². The molecule has 0 fully saturated rings. The third-order valence-corrected chi connectivity index (χ3v) is 1.84. The number of hydrogen-bond acceptors (Lipinski definition) is 0. The molecule has 0 aliphatic rings. The molecule has 0 aliphatic carbocycles. The molecule has 1 nitrogen and oxygen atoms in total. The maximum Gasteiger partial charge on any atom is 0.0103 e. The highest BCUT2D eigenvalue weighted by atomic mass is 14.5. The fourth-order valence-corrected chi connectivity index (χ4v) is 1.12. The first-order valence-electron chi connectivity index (χ1n) is 4.22. The first kappa shape index (κ1) is 9.01. The normalized spacial score (nSPS) is 9.75. The lowest BCUT2D eigenvalue weighted by Crippen LogP contribution is -1.87. The third kappa shape index (κ3) is 2.51. The summed E-state index contributed by atoms with van der Waals surface area (Å²) >= 11 is 0. The Morgan fingerprint density at radius 2 is 1.92 bits per heavy atom. The largest absolute Gasteiger partial charge is 0.258 e. The van der Waals surface area contributed by atoms with Crippen LogP contribution >= 0.6 is 0 Å². The summed E-state index contributed by atoms with van der Waals surface area (Å²) in [7, 11) is 0. The fraction of sp³-hybridized carbons (Fsp3) is 0.273. The minimum absolute atomic E-state index is 0.492. The minimum Gasteiger partial charge on any atom is -0.258 e. The van der Waals surface area contributed by atoms with Crippen LogP contribution in [-0.2, 0) is 0 Å². The first-order chi connectivity index (χ1) is 5.84. The average Bonchev–Trinajstić information content (AvgIpc) is 2.15. The Kier molecular flexibility index (Phi) is 3.55. The predicted octanol–water partition coefficient (Wildman–Crippen LogP) is 2.76. The number of allylic oxidation sites excluding steroid dienone is 1. The number of rotatable bonds is 4. The van der Waals surface area contributed by atoms with Gasteiger partial charge in [-0.25, -0.2) is 0 Å². The lowest BCUT2D eigenvalue weighted by atomic mass is 10.0. The number of benzene rings is 1. The van der Waals surface area contributed by atoms with Gasteiger partial charge in [-0.15, -0.1) is 0 Å². The molecule has 1 N–H and O–H groups in total. The van der Waals surface area contributed by atoms with Crippen LogP contribution in [0.2, 0.25) is 0 Å². The molecule has 0 saturated carbocycles. The Hall–Kier alpha value is -1.08. The lowest BCUT2D eigenvalue weighted by molar-refractivity contribution is 0.847. The van der Waals surface area contributed by atoms with Gasteiger partial charge < -0.3 is 0 Å². The zero-order chi connectivity index (χ0) is 8.81. The Labute approximate surface area is 73.9 Å². The summed E-state index contributed by atoms with van der Waals surface area (Å²) in [6.45, 7) is 4.47. The van der Waals surface area contributed by atoms with Crippen LogP contribution < -0.4 is 5.73 Å². The van der Waals surface area contributed by atoms with Crippen molar-refractivity contribution < 1.29 is 0 Å². The zero-order valence-electron chi connectivity index (χ0n) is 7.22. The smallest absolute Gasteiger partial charge is 0.0103 e. The molecule has 1 rings (SSSR count). The van der Waals surface area contributed by atoms with Crippen molar-refractivity contribution in [3.05, 3.63) is 42.5 Å². The van der Waals surface area contributed by atoms with E-state index in [2.05, 4.69) is 18.7 Å². The second-order valence-corrected chi connectivity index (χ2v) is 2.82. The van der Waals surface area contributed by atoms with Crippen molar-refractivity contribution in [1.82, 2.24) is 5.73 Å². The van der Waals surface area contributed by atoms with Gasteiger partial charge in [-0.05, 0) is 24.0 Å². The summed E-state index contributed by atoms with van der Waals surface area (Å²) in [6, 6.07) is 10.2. The van der Waals surface area contributed by atoms with Gasteiger partial charge in [0.1, 0.15) is 0 Å². The van der Waals surface area contributed by atoms with Crippen molar-refractivity contribution in [2.45, 2.75) is 12.8 Å². The van der Waals surface area contributed by atoms with Crippen LogP contribution in [0.15, 0.2) is 36.9 Å². The lowest BCUT2D eigenvalue weighted by Gasteiger charge is -2.03. The van der Waals surface area contributed by atoms with Gasteiger partial charge in [0.2, 0.25) is 0 Å². The quantitative estimate of drug-likeness (QED) is 0.646. The highest BCUT2D eigenvalue weighted by Gasteiger charge is 1.95. The van der Waals surface area contributed by atoms with Gasteiger partial charge >= 0.3 is 0 Å². The molecule has 0 atom stereocenters. The van der Waals surface area contributed by atoms with Crippen LogP contribution in [-0.4, -0.2) is 6.54 Å². The molecular formula is C11H14N. The Balaban J connectivity index is 2.54. The molecule has 0 unspecified atom stereocenters. The van der Waals surface area contributed by atoms with Gasteiger partial charge in [-0.3, -0.25) is 5.73 Å². The Bertz CT molecular complexity index is 238. The van der Waals surface area contributed by atoms with E-state index < -0.39 is 0 Å². The van der Waals surface area contributed by atoms with E-state index in [-0.39, 0.29) is 0 Å². The molecule has 0 bridgehead atoms. The summed E-state index contributed by atoms with van der Waals surface area (Å²) in [5, 5.41) is 0. The minimum atomic E-state index is 0.492. The van der Waals surface area contributed by atoms with Crippen molar-refractivity contribution >= 4 is 5.57 Å². The molecule has 1 heteroatoms. The van der Waals surface area contributed by atoms with E-state index in [1.807, 2.05) is 18.2 Å². The highest BCUT2D eigenvalue weighted by molar-refractivity contribution is 5.62. The molecule has 63 valence electrons. The standard InChI is InChI=1S/C11H14N/c1-10(6-5-9-12)11-7-3-2-4-8-11/h2-4,7-8,12H,1,5-6,9H2. The average molecular weight is 160 g/mol. The molecule has 0 spiro atoms. The van der Waals surface area contributed by atoms with E-state index in [9.17, 15) is 0 Å². The van der Waals surface area contributed by atoms with E-state index in [0.29, 0.717) is 6.54 Å². The summed E-state index contributed by atoms with van der Waals surface area (Å²) in [5.74, 6) is 0. The first-order valence-corrected chi connectivity index (χ1v) is 4.22. The molecular weight excluding hydrogens is 146 g/mol. The topological polar surface area (TPSA) is 23.8 Å². The number of nitrogens with one attached hydrogen (secondary N) is 1. The molecule has 1 aromatic carbocycles. The van der Waals surface area contributed by atoms with Crippen molar-refractivity contribution in [3.63, 3.8) is 0 Å². The van der Waals surface area contributed by atoms with Crippen molar-refractivity contribution in [2.75, 3.05) is 6.54 Å². The fourth-order valence-electron chi connectivity index (χ4n) is 1.12. The van der Waals surface area contributed by atoms with Crippen LogP contribution in [0.5, 0.6) is 0 Å². The second kappa shape index (κ2) is 4.73. The van der Waals surface area contributed by atoms with E-state index in [0.717, 1.165) is 18.4 Å². The third-order valence-electron chi connectivity index (χ3n) is 1.84. The molecule has 1 radical (unpaired) electrons. The molecule has 1 aromatic rings. The number of hydrogen-bond donors (Lipinski definition) is 0. The molecule has 12 heavy (non-hydrogen) atoms. The van der Waals surface area contributed by atoms with Gasteiger partial charge in [0.15, 0.2) is 0 Å². The van der Waals surface area contributed by atoms with Crippen molar-refractivity contribution in [3.8, 4) is 0 Å². The highest BCUT2D eigenvalue weighted by Crippen LogP contribution is 2.16. The Morgan fingerprint density at radius 1 is 1.25 bits per heavy atom. The van der Waals surface area contributed by atoms with E-state index in [1.165, 1.54) is 5.56 Å². The van der Waals surface area contributed by atoms with Crippen LogP contribution in [0, 0.1) is 0 Å². The second-order valence-electron chi connectivity index (χ2n) is 2.82. The van der Waals surface area contributed by atoms with Crippen molar-refractivity contribution in [2.24, 2.45) is 0 Å². The molecule has 0 heterocycles. The van der Waals surface area contributed by atoms with Gasteiger partial charge in [-0.1, -0.05) is 36.9 Å². The molecule has 0 aliphatic heterocycles. The zero-order valence-corrected chi connectivity index (χ0v) is 7.22. The summed E-state index contributed by atoms with van der Waals surface area (Å²) in [6.07, 6.45) is 1.85. The van der Waals surface area contributed by atoms with Gasteiger partial charge in [0.25, 0.3) is 0 Å². The summed E-state index contributed by atoms with van der Waals surface area (Å²) in [4.78, 5) is 0. The van der Waals surface area contributed by atoms with Crippen LogP contribution in [0.1, 0.15) is 18.4 Å². The molecule has 0 amide bonds. The van der Waals surface area contributed by atoms with Gasteiger partial charge in [-0.2, -0.15) is 0 Å². The maximum atomic E-state index is 7.02. The van der Waals surface area contributed by atoms with Crippen molar-refractivity contribution in [1.29, 1.82) is 0 Å². The van der Waals surface area contributed by atoms with E-state index in [1.54, 1.807) is 0 Å². The summed E-state index contributed by atoms with van der Waals surface area (Å²) < 4.78 is 0. The van der Waals surface area contributed by atoms with Crippen LogP contribution in [0.25, 0.3) is 5.57 Å². The van der Waals surface area contributed by atoms with Crippen LogP contribution in [0.3, 0.4) is 0 Å². The molecule has 0 aromatic heterocycles. The molecule has 0 saturated heterocycles. The predicted molar refractivity (Wildman–Crippen MR) is 52.7 cm³/mol. The van der Waals surface area contributed by atoms with Gasteiger partial charge in [0.05, 0.1) is 0 Å².